The molecule has 170 valence electrons. The number of hydrogen-bond acceptors (Lipinski definition) is 6. The summed E-state index contributed by atoms with van der Waals surface area (Å²) >= 11 is 9.12. The molecule has 6 nitrogen and oxygen atoms in total. The molecule has 0 spiro atoms. The van der Waals surface area contributed by atoms with Gasteiger partial charge in [-0.05, 0) is 48.5 Å². The molecule has 1 heterocycles. The Morgan fingerprint density at radius 2 is 1.70 bits per heavy atom. The van der Waals surface area contributed by atoms with Gasteiger partial charge in [0, 0.05) is 17.3 Å². The van der Waals surface area contributed by atoms with Crippen LogP contribution < -0.4 is 9.62 Å². The molecule has 0 unspecified atom stereocenters. The number of hydrogen-bond donors (Lipinski definition) is 1. The molecule has 4 aromatic rings. The van der Waals surface area contributed by atoms with Gasteiger partial charge in [-0.25, -0.2) is 13.4 Å². The molecule has 0 aliphatic heterocycles. The minimum atomic E-state index is -3.93. The molecule has 0 bridgehead atoms. The van der Waals surface area contributed by atoms with Crippen LogP contribution in [0.5, 0.6) is 0 Å². The molecule has 0 radical (unpaired) electrons. The van der Waals surface area contributed by atoms with Crippen LogP contribution in [-0.4, -0.2) is 38.2 Å². The number of halogens is 1. The zero-order valence-electron chi connectivity index (χ0n) is 17.3. The van der Waals surface area contributed by atoms with Crippen molar-refractivity contribution in [1.82, 2.24) is 10.3 Å². The smallest absolute Gasteiger partial charge is 0.264 e. The van der Waals surface area contributed by atoms with Gasteiger partial charge in [0.25, 0.3) is 10.0 Å². The Kier molecular flexibility index (Phi) is 7.54. The van der Waals surface area contributed by atoms with Crippen molar-refractivity contribution < 1.29 is 13.2 Å². The van der Waals surface area contributed by atoms with Gasteiger partial charge >= 0.3 is 0 Å². The van der Waals surface area contributed by atoms with Crippen LogP contribution >= 0.6 is 34.7 Å². The van der Waals surface area contributed by atoms with Crippen molar-refractivity contribution in [3.05, 3.63) is 83.9 Å². The van der Waals surface area contributed by atoms with Crippen LogP contribution in [-0.2, 0) is 14.8 Å². The number of nitrogens with zero attached hydrogens (tertiary/aromatic N) is 2. The number of thioether (sulfide) groups is 1. The lowest BCUT2D eigenvalue weighted by Crippen LogP contribution is -2.41. The van der Waals surface area contributed by atoms with Crippen molar-refractivity contribution in [3.8, 4) is 0 Å². The van der Waals surface area contributed by atoms with Gasteiger partial charge < -0.3 is 5.32 Å². The van der Waals surface area contributed by atoms with E-state index in [-0.39, 0.29) is 11.4 Å². The van der Waals surface area contributed by atoms with E-state index in [1.54, 1.807) is 65.6 Å². The monoisotopic (exact) mass is 517 g/mol. The summed E-state index contributed by atoms with van der Waals surface area (Å²) in [5, 5.41) is 3.29. The number of sulfonamides is 1. The summed E-state index contributed by atoms with van der Waals surface area (Å²) in [4.78, 5) is 17.3. The number of rotatable bonds is 9. The third kappa shape index (κ3) is 5.86. The number of amides is 1. The van der Waals surface area contributed by atoms with Gasteiger partial charge in [-0.2, -0.15) is 0 Å². The summed E-state index contributed by atoms with van der Waals surface area (Å²) < 4.78 is 29.7. The first-order valence-corrected chi connectivity index (χ1v) is 13.6. The Balaban J connectivity index is 1.41. The maximum absolute atomic E-state index is 13.3. The highest BCUT2D eigenvalue weighted by Gasteiger charge is 2.27. The lowest BCUT2D eigenvalue weighted by atomic mass is 10.3. The molecule has 33 heavy (non-hydrogen) atoms. The average molecular weight is 518 g/mol. The van der Waals surface area contributed by atoms with Crippen molar-refractivity contribution in [3.63, 3.8) is 0 Å². The third-order valence-corrected chi connectivity index (χ3v) is 8.88. The molecule has 1 N–H and O–H groups in total. The van der Waals surface area contributed by atoms with Crippen LogP contribution in [0.25, 0.3) is 10.2 Å². The molecule has 1 aromatic heterocycles. The summed E-state index contributed by atoms with van der Waals surface area (Å²) in [5.74, 6) is 0.229. The van der Waals surface area contributed by atoms with Crippen LogP contribution in [0.3, 0.4) is 0 Å². The maximum Gasteiger partial charge on any atom is 0.264 e. The largest absolute Gasteiger partial charge is 0.354 e. The molecule has 0 aliphatic carbocycles. The van der Waals surface area contributed by atoms with E-state index in [1.807, 2.05) is 24.3 Å². The number of benzene rings is 3. The third-order valence-electron chi connectivity index (χ3n) is 4.66. The lowest BCUT2D eigenvalue weighted by Gasteiger charge is -2.24. The van der Waals surface area contributed by atoms with Crippen LogP contribution in [0.1, 0.15) is 0 Å². The Hall–Kier alpha value is -2.59. The molecule has 3 aromatic carbocycles. The summed E-state index contributed by atoms with van der Waals surface area (Å²) in [7, 11) is -3.93. The number of anilines is 1. The molecule has 0 saturated heterocycles. The van der Waals surface area contributed by atoms with E-state index in [1.165, 1.54) is 12.1 Å². The first kappa shape index (κ1) is 23.6. The van der Waals surface area contributed by atoms with Crippen molar-refractivity contribution in [2.75, 3.05) is 23.1 Å². The summed E-state index contributed by atoms with van der Waals surface area (Å²) in [6.07, 6.45) is 0. The van der Waals surface area contributed by atoms with E-state index in [0.717, 1.165) is 18.9 Å². The molecule has 4 rings (SSSR count). The fourth-order valence-corrected chi connectivity index (χ4v) is 6.63. The fourth-order valence-electron chi connectivity index (χ4n) is 3.07. The minimum Gasteiger partial charge on any atom is -0.354 e. The zero-order chi connectivity index (χ0) is 23.3. The Morgan fingerprint density at radius 3 is 2.42 bits per heavy atom. The number of para-hydroxylation sites is 1. The number of nitrogens with one attached hydrogen (secondary N) is 1. The zero-order valence-corrected chi connectivity index (χ0v) is 20.6. The molecule has 10 heteroatoms. The predicted octanol–water partition coefficient (Wildman–Crippen LogP) is 5.05. The van der Waals surface area contributed by atoms with Gasteiger partial charge in [0.2, 0.25) is 5.91 Å². The summed E-state index contributed by atoms with van der Waals surface area (Å²) in [6, 6.07) is 22.3. The molecule has 0 atom stereocenters. The van der Waals surface area contributed by atoms with Gasteiger partial charge in [0.1, 0.15) is 6.54 Å². The first-order valence-electron chi connectivity index (χ1n) is 10.0. The van der Waals surface area contributed by atoms with Gasteiger partial charge in [-0.15, -0.1) is 11.3 Å². The fraction of sp³-hybridized carbons (Fsp3) is 0.130. The van der Waals surface area contributed by atoms with E-state index in [0.29, 0.717) is 23.0 Å². The highest BCUT2D eigenvalue weighted by atomic mass is 35.5. The number of carbonyl (C=O) groups excluding carboxylic acids is 1. The molecular formula is C23H20ClN3O3S3. The van der Waals surface area contributed by atoms with E-state index >= 15 is 0 Å². The summed E-state index contributed by atoms with van der Waals surface area (Å²) in [6.45, 7) is 0.0456. The molecule has 0 fully saturated rings. The molecule has 0 aliphatic rings. The number of fused-ring (bicyclic) bond motifs is 1. The normalized spacial score (nSPS) is 11.4. The van der Waals surface area contributed by atoms with E-state index in [2.05, 4.69) is 10.3 Å². The standard InChI is InChI=1S/C23H20ClN3O3S3/c24-17-10-12-18(13-11-17)27(33(29,30)19-6-2-1-3-7-19)16-22(28)25-14-15-31-23-26-20-8-4-5-9-21(20)32-23/h1-13H,14-16H2,(H,25,28). The van der Waals surface area contributed by atoms with Crippen molar-refractivity contribution in [2.24, 2.45) is 0 Å². The first-order chi connectivity index (χ1) is 15.9. The Labute approximate surface area is 205 Å². The molecular weight excluding hydrogens is 498 g/mol. The lowest BCUT2D eigenvalue weighted by molar-refractivity contribution is -0.119. The van der Waals surface area contributed by atoms with E-state index in [9.17, 15) is 13.2 Å². The van der Waals surface area contributed by atoms with Crippen LogP contribution in [0.2, 0.25) is 5.02 Å². The average Bonchev–Trinajstić information content (AvgIpc) is 3.24. The Morgan fingerprint density at radius 1 is 1.00 bits per heavy atom. The number of thiazole rings is 1. The van der Waals surface area contributed by atoms with Crippen molar-refractivity contribution in [2.45, 2.75) is 9.24 Å². The van der Waals surface area contributed by atoms with E-state index in [4.69, 9.17) is 11.6 Å². The second kappa shape index (κ2) is 10.6. The Bertz CT molecular complexity index is 1310. The minimum absolute atomic E-state index is 0.110. The SMILES string of the molecule is O=C(CN(c1ccc(Cl)cc1)S(=O)(=O)c1ccccc1)NCCSc1nc2ccccc2s1. The highest BCUT2D eigenvalue weighted by molar-refractivity contribution is 8.01. The van der Waals surface area contributed by atoms with Crippen LogP contribution in [0.4, 0.5) is 5.69 Å². The van der Waals surface area contributed by atoms with Gasteiger partial charge in [-0.3, -0.25) is 9.10 Å². The van der Waals surface area contributed by atoms with Gasteiger partial charge in [-0.1, -0.05) is 53.7 Å². The van der Waals surface area contributed by atoms with Crippen molar-refractivity contribution >= 4 is 66.5 Å². The van der Waals surface area contributed by atoms with Crippen LogP contribution in [0, 0.1) is 0 Å². The second-order valence-electron chi connectivity index (χ2n) is 6.95. The maximum atomic E-state index is 13.3. The van der Waals surface area contributed by atoms with Gasteiger partial charge in [0.05, 0.1) is 20.8 Å². The highest BCUT2D eigenvalue weighted by Crippen LogP contribution is 2.29. The topological polar surface area (TPSA) is 79.4 Å². The van der Waals surface area contributed by atoms with Crippen molar-refractivity contribution in [1.29, 1.82) is 0 Å². The second-order valence-corrected chi connectivity index (χ2v) is 11.6. The van der Waals surface area contributed by atoms with Gasteiger partial charge in [0.15, 0.2) is 4.34 Å². The summed E-state index contributed by atoms with van der Waals surface area (Å²) in [5.41, 5.74) is 1.32. The molecule has 1 amide bonds. The molecule has 0 saturated carbocycles. The van der Waals surface area contributed by atoms with E-state index < -0.39 is 15.9 Å². The van der Waals surface area contributed by atoms with Crippen LogP contribution in [0.15, 0.2) is 88.1 Å². The quantitative estimate of drug-likeness (QED) is 0.248. The predicted molar refractivity (Wildman–Crippen MR) is 136 cm³/mol. The number of aromatic nitrogens is 1. The number of carbonyl (C=O) groups is 1.